The van der Waals surface area contributed by atoms with E-state index >= 15 is 0 Å². The predicted molar refractivity (Wildman–Crippen MR) is 191 cm³/mol. The molecule has 2 nitrogen and oxygen atoms in total. The number of rotatable bonds is 34. The highest BCUT2D eigenvalue weighted by Crippen LogP contribution is 2.23. The first kappa shape index (κ1) is 39.4. The van der Waals surface area contributed by atoms with Gasteiger partial charge >= 0.3 is 0 Å². The minimum atomic E-state index is 0.638. The highest BCUT2D eigenvalue weighted by molar-refractivity contribution is 4.96. The number of hydrogen-bond acceptors (Lipinski definition) is 2. The molecule has 1 atom stereocenters. The minimum Gasteiger partial charge on any atom is -0.356 e. The number of unbranched alkanes of at least 4 members (excludes halogenated alkanes) is 28. The van der Waals surface area contributed by atoms with Crippen LogP contribution in [0.5, 0.6) is 0 Å². The second kappa shape index (κ2) is 31.8. The molecule has 1 rings (SSSR count). The van der Waals surface area contributed by atoms with E-state index in [9.17, 15) is 0 Å². The highest BCUT2D eigenvalue weighted by atomic mass is 15.4. The molecule has 250 valence electrons. The second-order valence-electron chi connectivity index (χ2n) is 13.9. The van der Waals surface area contributed by atoms with Gasteiger partial charge in [0.25, 0.3) is 0 Å². The molecule has 0 aromatic heterocycles. The average Bonchev–Trinajstić information content (AvgIpc) is 3.39. The average molecular weight is 589 g/mol. The molecule has 1 aliphatic rings. The first-order valence-electron chi connectivity index (χ1n) is 20.0. The fourth-order valence-electron chi connectivity index (χ4n) is 6.88. The predicted octanol–water partition coefficient (Wildman–Crippen LogP) is 13.9. The van der Waals surface area contributed by atoms with Gasteiger partial charge in [-0.3, -0.25) is 0 Å². The van der Waals surface area contributed by atoms with Crippen molar-refractivity contribution in [2.24, 2.45) is 0 Å². The highest BCUT2D eigenvalue weighted by Gasteiger charge is 2.24. The second-order valence-corrected chi connectivity index (χ2v) is 13.9. The summed E-state index contributed by atoms with van der Waals surface area (Å²) in [6, 6.07) is 0. The van der Waals surface area contributed by atoms with Crippen LogP contribution < -0.4 is 0 Å². The van der Waals surface area contributed by atoms with Gasteiger partial charge in [-0.1, -0.05) is 201 Å². The molecule has 0 radical (unpaired) electrons. The third kappa shape index (κ3) is 23.8. The van der Waals surface area contributed by atoms with Crippen molar-refractivity contribution in [3.63, 3.8) is 0 Å². The van der Waals surface area contributed by atoms with Gasteiger partial charge in [-0.15, -0.1) is 0 Å². The van der Waals surface area contributed by atoms with Crippen molar-refractivity contribution in [2.45, 2.75) is 232 Å². The molecule has 0 aromatic rings. The molecule has 1 heterocycles. The van der Waals surface area contributed by atoms with Gasteiger partial charge in [-0.25, -0.2) is 0 Å². The summed E-state index contributed by atoms with van der Waals surface area (Å²) < 4.78 is 0. The van der Waals surface area contributed by atoms with Gasteiger partial charge in [0.15, 0.2) is 0 Å². The summed E-state index contributed by atoms with van der Waals surface area (Å²) in [5.74, 6) is 0. The largest absolute Gasteiger partial charge is 0.356 e. The van der Waals surface area contributed by atoms with E-state index < -0.39 is 0 Å². The topological polar surface area (TPSA) is 6.48 Å². The third-order valence-corrected chi connectivity index (χ3v) is 9.82. The molecule has 0 aliphatic carbocycles. The van der Waals surface area contributed by atoms with Gasteiger partial charge in [0.2, 0.25) is 0 Å². The van der Waals surface area contributed by atoms with Crippen LogP contribution in [0.3, 0.4) is 0 Å². The van der Waals surface area contributed by atoms with Crippen LogP contribution >= 0.6 is 0 Å². The lowest BCUT2D eigenvalue weighted by atomic mass is 10.0. The molecule has 0 aromatic carbocycles. The Labute approximate surface area is 267 Å². The van der Waals surface area contributed by atoms with Crippen LogP contribution in [-0.4, -0.2) is 29.1 Å². The van der Waals surface area contributed by atoms with Crippen LogP contribution in [-0.2, 0) is 0 Å². The van der Waals surface area contributed by atoms with Crippen molar-refractivity contribution in [3.8, 4) is 0 Å². The van der Waals surface area contributed by atoms with E-state index in [0.717, 1.165) is 0 Å². The molecule has 0 spiro atoms. The summed E-state index contributed by atoms with van der Waals surface area (Å²) in [5.41, 5.74) is 0. The van der Waals surface area contributed by atoms with Crippen molar-refractivity contribution < 1.29 is 0 Å². The maximum absolute atomic E-state index is 2.68. The zero-order chi connectivity index (χ0) is 30.2. The lowest BCUT2D eigenvalue weighted by Gasteiger charge is -2.33. The van der Waals surface area contributed by atoms with E-state index in [0.29, 0.717) is 6.17 Å². The first-order chi connectivity index (χ1) is 20.8. The Morgan fingerprint density at radius 2 is 0.548 bits per heavy atom. The van der Waals surface area contributed by atoms with Crippen LogP contribution in [0.2, 0.25) is 0 Å². The van der Waals surface area contributed by atoms with Gasteiger partial charge < -0.3 is 9.80 Å². The minimum absolute atomic E-state index is 0.638. The van der Waals surface area contributed by atoms with Gasteiger partial charge in [-0.05, 0) is 25.7 Å². The van der Waals surface area contributed by atoms with Crippen molar-refractivity contribution in [2.75, 3.05) is 13.1 Å². The monoisotopic (exact) mass is 589 g/mol. The molecular weight excluding hydrogens is 508 g/mol. The smallest absolute Gasteiger partial charge is 0.101 e. The Hall–Kier alpha value is -0.660. The van der Waals surface area contributed by atoms with Gasteiger partial charge in [-0.2, -0.15) is 0 Å². The SMILES string of the molecule is CCCCCCCCCCCCCCCCCN1C=CN(CCCCCCCCCCCCCCCC)C1CCCC. The third-order valence-electron chi connectivity index (χ3n) is 9.82. The van der Waals surface area contributed by atoms with Gasteiger partial charge in [0.05, 0.1) is 0 Å². The molecule has 2 heteroatoms. The van der Waals surface area contributed by atoms with Crippen LogP contribution in [0.4, 0.5) is 0 Å². The summed E-state index contributed by atoms with van der Waals surface area (Å²) >= 11 is 0. The van der Waals surface area contributed by atoms with Crippen LogP contribution in [0.25, 0.3) is 0 Å². The van der Waals surface area contributed by atoms with E-state index in [2.05, 4.69) is 43.0 Å². The van der Waals surface area contributed by atoms with E-state index in [1.807, 2.05) is 0 Å². The van der Waals surface area contributed by atoms with Crippen LogP contribution in [0.15, 0.2) is 12.4 Å². The zero-order valence-corrected chi connectivity index (χ0v) is 29.7. The number of hydrogen-bond donors (Lipinski definition) is 0. The van der Waals surface area contributed by atoms with Crippen molar-refractivity contribution in [1.29, 1.82) is 0 Å². The molecule has 0 fully saturated rings. The van der Waals surface area contributed by atoms with Gasteiger partial charge in [0, 0.05) is 25.5 Å². The summed E-state index contributed by atoms with van der Waals surface area (Å²) in [5, 5.41) is 0. The zero-order valence-electron chi connectivity index (χ0n) is 29.7. The lowest BCUT2D eigenvalue weighted by Crippen LogP contribution is -2.39. The molecule has 0 N–H and O–H groups in total. The fourth-order valence-corrected chi connectivity index (χ4v) is 6.88. The maximum Gasteiger partial charge on any atom is 0.101 e. The Bertz CT molecular complexity index is 544. The van der Waals surface area contributed by atoms with Gasteiger partial charge in [0.1, 0.15) is 6.17 Å². The molecule has 0 saturated heterocycles. The normalized spacial score (nSPS) is 15.0. The first-order valence-corrected chi connectivity index (χ1v) is 20.0. The molecule has 0 amide bonds. The molecular formula is C40H80N2. The van der Waals surface area contributed by atoms with E-state index in [4.69, 9.17) is 0 Å². The lowest BCUT2D eigenvalue weighted by molar-refractivity contribution is 0.136. The maximum atomic E-state index is 2.68. The summed E-state index contributed by atoms with van der Waals surface area (Å²) in [7, 11) is 0. The Kier molecular flexibility index (Phi) is 29.8. The van der Waals surface area contributed by atoms with E-state index in [-0.39, 0.29) is 0 Å². The Morgan fingerprint density at radius 1 is 0.310 bits per heavy atom. The number of nitrogens with zero attached hydrogens (tertiary/aromatic N) is 2. The van der Waals surface area contributed by atoms with Crippen molar-refractivity contribution in [3.05, 3.63) is 12.4 Å². The Morgan fingerprint density at radius 3 is 0.810 bits per heavy atom. The summed E-state index contributed by atoms with van der Waals surface area (Å²) in [6.45, 7) is 9.49. The molecule has 1 aliphatic heterocycles. The molecule has 0 bridgehead atoms. The van der Waals surface area contributed by atoms with Crippen molar-refractivity contribution in [1.82, 2.24) is 9.80 Å². The van der Waals surface area contributed by atoms with Crippen LogP contribution in [0, 0.1) is 0 Å². The summed E-state index contributed by atoms with van der Waals surface area (Å²) in [6.07, 6.45) is 51.5. The Balaban J connectivity index is 1.98. The van der Waals surface area contributed by atoms with E-state index in [1.165, 1.54) is 219 Å². The van der Waals surface area contributed by atoms with Crippen LogP contribution in [0.1, 0.15) is 226 Å². The molecule has 1 unspecified atom stereocenters. The molecule has 42 heavy (non-hydrogen) atoms. The summed E-state index contributed by atoms with van der Waals surface area (Å²) in [4.78, 5) is 5.36. The van der Waals surface area contributed by atoms with E-state index in [1.54, 1.807) is 0 Å². The fraction of sp³-hybridized carbons (Fsp3) is 0.950. The quantitative estimate of drug-likeness (QED) is 0.0690. The standard InChI is InChI=1S/C40H80N2/c1-4-7-10-12-14-16-18-20-22-24-26-28-30-32-34-37-42-39-38-41(40(42)35-9-6-3)36-33-31-29-27-25-23-21-19-17-15-13-11-8-5-2/h38-40H,4-37H2,1-3H3. The van der Waals surface area contributed by atoms with Crippen molar-refractivity contribution >= 4 is 0 Å². The molecule has 0 saturated carbocycles.